The van der Waals surface area contributed by atoms with E-state index in [0.29, 0.717) is 11.6 Å². The number of hydrogen-bond acceptors (Lipinski definition) is 4. The van der Waals surface area contributed by atoms with E-state index in [1.165, 1.54) is 24.3 Å². The topological polar surface area (TPSA) is 69.4 Å². The van der Waals surface area contributed by atoms with Crippen LogP contribution in [-0.2, 0) is 14.6 Å². The molecule has 1 fully saturated rings. The standard InChI is InChI=1S/C19H21ClFNO3S/c1-2-25-12-19(11-22)17(13-3-7-15(21)8-4-13)18(19)26(23,24)16-9-5-14(20)6-10-16/h3-10,17-18H,2,11-12,22H2,1H3/t17-,18-,19-/m0/s1. The molecular formula is C19H21ClFNO3S. The average molecular weight is 398 g/mol. The summed E-state index contributed by atoms with van der Waals surface area (Å²) >= 11 is 5.88. The first kappa shape index (κ1) is 19.3. The fraction of sp³-hybridized carbons (Fsp3) is 0.368. The predicted octanol–water partition coefficient (Wildman–Crippen LogP) is 3.40. The van der Waals surface area contributed by atoms with E-state index in [1.807, 2.05) is 6.92 Å². The van der Waals surface area contributed by atoms with Crippen molar-refractivity contribution in [2.45, 2.75) is 23.0 Å². The van der Waals surface area contributed by atoms with Gasteiger partial charge in [0, 0.05) is 29.5 Å². The minimum Gasteiger partial charge on any atom is -0.381 e. The molecule has 0 bridgehead atoms. The van der Waals surface area contributed by atoms with Crippen molar-refractivity contribution in [3.05, 3.63) is 64.9 Å². The Hall–Kier alpha value is -1.47. The third kappa shape index (κ3) is 3.27. The minimum absolute atomic E-state index is 0.159. The molecule has 2 N–H and O–H groups in total. The highest BCUT2D eigenvalue weighted by atomic mass is 35.5. The molecule has 1 aliphatic carbocycles. The van der Waals surface area contributed by atoms with Gasteiger partial charge in [-0.3, -0.25) is 0 Å². The van der Waals surface area contributed by atoms with Gasteiger partial charge in [0.25, 0.3) is 0 Å². The van der Waals surface area contributed by atoms with Crippen molar-refractivity contribution < 1.29 is 17.5 Å². The van der Waals surface area contributed by atoms with Crippen LogP contribution in [0.5, 0.6) is 0 Å². The van der Waals surface area contributed by atoms with Crippen LogP contribution in [0, 0.1) is 11.2 Å². The number of benzene rings is 2. The predicted molar refractivity (Wildman–Crippen MR) is 99.5 cm³/mol. The molecule has 2 aromatic rings. The van der Waals surface area contributed by atoms with Crippen LogP contribution in [0.25, 0.3) is 0 Å². The first-order valence-corrected chi connectivity index (χ1v) is 10.3. The molecule has 3 atom stereocenters. The lowest BCUT2D eigenvalue weighted by atomic mass is 10.00. The molecule has 7 heteroatoms. The zero-order valence-corrected chi connectivity index (χ0v) is 15.9. The van der Waals surface area contributed by atoms with E-state index in [2.05, 4.69) is 0 Å². The smallest absolute Gasteiger partial charge is 0.182 e. The molecule has 0 saturated heterocycles. The van der Waals surface area contributed by atoms with Gasteiger partial charge in [-0.05, 0) is 48.9 Å². The van der Waals surface area contributed by atoms with Crippen molar-refractivity contribution in [1.29, 1.82) is 0 Å². The Morgan fingerprint density at radius 1 is 1.15 bits per heavy atom. The van der Waals surface area contributed by atoms with Crippen LogP contribution >= 0.6 is 11.6 Å². The number of halogens is 2. The molecule has 140 valence electrons. The van der Waals surface area contributed by atoms with E-state index in [0.717, 1.165) is 5.56 Å². The molecule has 0 aromatic heterocycles. The van der Waals surface area contributed by atoms with Crippen LogP contribution < -0.4 is 5.73 Å². The maximum atomic E-state index is 13.3. The number of sulfone groups is 1. The summed E-state index contributed by atoms with van der Waals surface area (Å²) in [4.78, 5) is 0.200. The summed E-state index contributed by atoms with van der Waals surface area (Å²) in [7, 11) is -3.65. The third-order valence-corrected chi connectivity index (χ3v) is 7.63. The first-order chi connectivity index (χ1) is 12.4. The quantitative estimate of drug-likeness (QED) is 0.777. The van der Waals surface area contributed by atoms with Crippen molar-refractivity contribution in [2.75, 3.05) is 19.8 Å². The molecule has 0 aliphatic heterocycles. The van der Waals surface area contributed by atoms with E-state index in [4.69, 9.17) is 22.1 Å². The molecule has 26 heavy (non-hydrogen) atoms. The molecule has 0 unspecified atom stereocenters. The van der Waals surface area contributed by atoms with Gasteiger partial charge in [0.1, 0.15) is 5.82 Å². The largest absolute Gasteiger partial charge is 0.381 e. The number of ether oxygens (including phenoxy) is 1. The molecule has 2 aromatic carbocycles. The molecule has 1 saturated carbocycles. The second kappa shape index (κ2) is 7.27. The van der Waals surface area contributed by atoms with Crippen molar-refractivity contribution in [3.63, 3.8) is 0 Å². The van der Waals surface area contributed by atoms with Crippen molar-refractivity contribution >= 4 is 21.4 Å². The first-order valence-electron chi connectivity index (χ1n) is 8.39. The van der Waals surface area contributed by atoms with E-state index >= 15 is 0 Å². The van der Waals surface area contributed by atoms with Gasteiger partial charge in [-0.1, -0.05) is 23.7 Å². The Bertz CT molecular complexity index is 871. The summed E-state index contributed by atoms with van der Waals surface area (Å²) < 4.78 is 45.4. The lowest BCUT2D eigenvalue weighted by Gasteiger charge is -2.16. The fourth-order valence-corrected chi connectivity index (χ4v) is 6.23. The van der Waals surface area contributed by atoms with Crippen molar-refractivity contribution in [1.82, 2.24) is 0 Å². The Kier molecular flexibility index (Phi) is 5.40. The van der Waals surface area contributed by atoms with Gasteiger partial charge in [-0.25, -0.2) is 12.8 Å². The van der Waals surface area contributed by atoms with Crippen LogP contribution in [0.3, 0.4) is 0 Å². The van der Waals surface area contributed by atoms with Gasteiger partial charge < -0.3 is 10.5 Å². The minimum atomic E-state index is -3.65. The average Bonchev–Trinajstić information content (AvgIpc) is 3.31. The molecule has 0 amide bonds. The summed E-state index contributed by atoms with van der Waals surface area (Å²) in [6.45, 7) is 2.71. The highest BCUT2D eigenvalue weighted by molar-refractivity contribution is 7.92. The maximum Gasteiger partial charge on any atom is 0.182 e. The van der Waals surface area contributed by atoms with Crippen molar-refractivity contribution in [2.24, 2.45) is 11.1 Å². The van der Waals surface area contributed by atoms with Gasteiger partial charge in [0.2, 0.25) is 0 Å². The summed E-state index contributed by atoms with van der Waals surface area (Å²) in [5.74, 6) is -0.713. The second-order valence-corrected chi connectivity index (χ2v) is 9.03. The molecule has 1 aliphatic rings. The normalized spacial score (nSPS) is 25.2. The lowest BCUT2D eigenvalue weighted by molar-refractivity contribution is 0.101. The van der Waals surface area contributed by atoms with Crippen molar-refractivity contribution in [3.8, 4) is 0 Å². The molecule has 0 heterocycles. The van der Waals surface area contributed by atoms with Gasteiger partial charge in [-0.15, -0.1) is 0 Å². The molecule has 4 nitrogen and oxygen atoms in total. The summed E-state index contributed by atoms with van der Waals surface area (Å²) in [5, 5.41) is -0.257. The Morgan fingerprint density at radius 2 is 1.77 bits per heavy atom. The van der Waals surface area contributed by atoms with Gasteiger partial charge in [-0.2, -0.15) is 0 Å². The van der Waals surface area contributed by atoms with Crippen LogP contribution in [-0.4, -0.2) is 33.4 Å². The molecule has 0 spiro atoms. The van der Waals surface area contributed by atoms with E-state index < -0.39 is 20.5 Å². The van der Waals surface area contributed by atoms with Crippen LogP contribution in [0.15, 0.2) is 53.4 Å². The molecule has 3 rings (SSSR count). The van der Waals surface area contributed by atoms with Gasteiger partial charge in [0.15, 0.2) is 9.84 Å². The number of nitrogens with two attached hydrogens (primary N) is 1. The highest BCUT2D eigenvalue weighted by Gasteiger charge is 2.70. The lowest BCUT2D eigenvalue weighted by Crippen LogP contribution is -2.29. The Balaban J connectivity index is 2.03. The Morgan fingerprint density at radius 3 is 2.31 bits per heavy atom. The SMILES string of the molecule is CCOC[C@@]1(CN)[C@@H](c2ccc(F)cc2)[C@@H]1S(=O)(=O)c1ccc(Cl)cc1. The monoisotopic (exact) mass is 397 g/mol. The molecule has 0 radical (unpaired) electrons. The number of rotatable bonds is 7. The van der Waals surface area contributed by atoms with E-state index in [9.17, 15) is 12.8 Å². The zero-order chi connectivity index (χ0) is 18.9. The zero-order valence-electron chi connectivity index (χ0n) is 14.4. The van der Waals surface area contributed by atoms with Crippen LogP contribution in [0.2, 0.25) is 5.02 Å². The van der Waals surface area contributed by atoms with E-state index in [-0.39, 0.29) is 29.8 Å². The van der Waals surface area contributed by atoms with Gasteiger partial charge in [0.05, 0.1) is 16.8 Å². The Labute approximate surface area is 158 Å². The third-order valence-electron chi connectivity index (χ3n) is 5.04. The van der Waals surface area contributed by atoms with Crippen LogP contribution in [0.4, 0.5) is 4.39 Å². The summed E-state index contributed by atoms with van der Waals surface area (Å²) in [5.41, 5.74) is 6.04. The second-order valence-electron chi connectivity index (χ2n) is 6.52. The highest BCUT2D eigenvalue weighted by Crippen LogP contribution is 2.63. The molecular weight excluding hydrogens is 377 g/mol. The van der Waals surface area contributed by atoms with Crippen LogP contribution in [0.1, 0.15) is 18.4 Å². The summed E-state index contributed by atoms with van der Waals surface area (Å²) in [6.07, 6.45) is 0. The maximum absolute atomic E-state index is 13.3. The van der Waals surface area contributed by atoms with E-state index in [1.54, 1.807) is 24.3 Å². The fourth-order valence-electron chi connectivity index (χ4n) is 3.66. The number of hydrogen-bond donors (Lipinski definition) is 1. The van der Waals surface area contributed by atoms with Gasteiger partial charge >= 0.3 is 0 Å². The summed E-state index contributed by atoms with van der Waals surface area (Å²) in [6, 6.07) is 12.0.